The molecule has 0 aromatic heterocycles. The highest BCUT2D eigenvalue weighted by Gasteiger charge is 2.12. The Hall–Kier alpha value is -5.81. The minimum absolute atomic E-state index is 0.0129. The number of carbonyl (C=O) groups is 5. The molecule has 0 aliphatic rings. The Labute approximate surface area is 336 Å². The summed E-state index contributed by atoms with van der Waals surface area (Å²) in [7, 11) is 0. The van der Waals surface area contributed by atoms with E-state index in [1.807, 2.05) is 0 Å². The average Bonchev–Trinajstić information content (AvgIpc) is 3.12. The number of rotatable bonds is 25. The molecule has 0 aliphatic carbocycles. The number of hydrogen-bond donors (Lipinski definition) is 19. The molecule has 0 aromatic rings. The number of aliphatic imine (C=N–C) groups is 4. The van der Waals surface area contributed by atoms with E-state index in [0.29, 0.717) is 90.5 Å². The highest BCUT2D eigenvalue weighted by Crippen LogP contribution is 1.98. The van der Waals surface area contributed by atoms with E-state index < -0.39 is 60.1 Å². The third-order valence-electron chi connectivity index (χ3n) is 6.43. The molecule has 0 heterocycles. The number of guanidine groups is 4. The van der Waals surface area contributed by atoms with Crippen molar-refractivity contribution >= 4 is 53.7 Å². The lowest BCUT2D eigenvalue weighted by Gasteiger charge is -2.03. The maximum atomic E-state index is 10.2. The van der Waals surface area contributed by atoms with E-state index in [1.165, 1.54) is 0 Å². The summed E-state index contributed by atoms with van der Waals surface area (Å²) in [4.78, 5) is 65.7. The van der Waals surface area contributed by atoms with Gasteiger partial charge < -0.3 is 106 Å². The maximum Gasteiger partial charge on any atom is 0.320 e. The normalized spacial score (nSPS) is 12.2. The molecule has 0 saturated carbocycles. The molecular weight excluding hydrogens is 772 g/mol. The molecule has 0 amide bonds. The number of aliphatic carboxylic acids is 5. The van der Waals surface area contributed by atoms with Crippen LogP contribution in [0.2, 0.25) is 0 Å². The van der Waals surface area contributed by atoms with Crippen LogP contribution < -0.4 is 80.3 Å². The third-order valence-corrected chi connectivity index (χ3v) is 6.43. The number of hydrogen-bond acceptors (Lipinski definition) is 15. The Morgan fingerprint density at radius 1 is 0.345 bits per heavy atom. The van der Waals surface area contributed by atoms with Crippen LogP contribution >= 0.6 is 0 Å². The van der Waals surface area contributed by atoms with Crippen molar-refractivity contribution in [1.82, 2.24) is 0 Å². The van der Waals surface area contributed by atoms with Gasteiger partial charge in [-0.15, -0.1) is 0 Å². The van der Waals surface area contributed by atoms with Crippen molar-refractivity contribution in [2.24, 2.45) is 100 Å². The van der Waals surface area contributed by atoms with Crippen LogP contribution in [0.15, 0.2) is 20.0 Å². The second-order valence-electron chi connectivity index (χ2n) is 11.8. The molecule has 5 unspecified atom stereocenters. The first-order valence-corrected chi connectivity index (χ1v) is 17.7. The van der Waals surface area contributed by atoms with Gasteiger partial charge in [0.05, 0.1) is 0 Å². The summed E-state index contributed by atoms with van der Waals surface area (Å²) < 4.78 is 0. The van der Waals surface area contributed by atoms with Crippen molar-refractivity contribution in [3.05, 3.63) is 0 Å². The van der Waals surface area contributed by atoms with Gasteiger partial charge in [-0.2, -0.15) is 0 Å². The van der Waals surface area contributed by atoms with E-state index in [4.69, 9.17) is 106 Å². The molecule has 340 valence electrons. The number of carboxylic acids is 5. The Kier molecular flexibility index (Phi) is 43.2. The van der Waals surface area contributed by atoms with Gasteiger partial charge in [0.15, 0.2) is 23.8 Å². The Balaban J connectivity index is -0.000000202. The highest BCUT2D eigenvalue weighted by molar-refractivity contribution is 5.77. The first-order chi connectivity index (χ1) is 26.8. The van der Waals surface area contributed by atoms with Crippen LogP contribution in [0.1, 0.15) is 70.6 Å². The van der Waals surface area contributed by atoms with Crippen LogP contribution in [0.5, 0.6) is 0 Å². The van der Waals surface area contributed by atoms with Crippen molar-refractivity contribution in [3.63, 3.8) is 0 Å². The topological polar surface area (TPSA) is 600 Å². The fraction of sp³-hybridized carbons (Fsp3) is 0.700. The zero-order valence-electron chi connectivity index (χ0n) is 32.8. The van der Waals surface area contributed by atoms with Crippen LogP contribution in [0.3, 0.4) is 0 Å². The highest BCUT2D eigenvalue weighted by atomic mass is 16.4. The smallest absolute Gasteiger partial charge is 0.320 e. The molecular formula is C30H70N18O10. The molecule has 0 rings (SSSR count). The van der Waals surface area contributed by atoms with Gasteiger partial charge in [0.2, 0.25) is 0 Å². The van der Waals surface area contributed by atoms with Crippen molar-refractivity contribution in [1.29, 1.82) is 0 Å². The lowest BCUT2D eigenvalue weighted by atomic mass is 10.1. The average molecular weight is 843 g/mol. The van der Waals surface area contributed by atoms with Gasteiger partial charge >= 0.3 is 29.8 Å². The Bertz CT molecular complexity index is 1080. The number of nitrogens with two attached hydrogens (primary N) is 14. The summed E-state index contributed by atoms with van der Waals surface area (Å²) in [5.41, 5.74) is 71.7. The minimum atomic E-state index is -1.00. The second kappa shape index (κ2) is 40.8. The predicted molar refractivity (Wildman–Crippen MR) is 221 cm³/mol. The minimum Gasteiger partial charge on any atom is -0.480 e. The lowest BCUT2D eigenvalue weighted by Crippen LogP contribution is -2.30. The molecule has 0 bridgehead atoms. The van der Waals surface area contributed by atoms with Crippen molar-refractivity contribution in [2.75, 3.05) is 32.7 Å². The summed E-state index contributed by atoms with van der Waals surface area (Å²) in [6.07, 6.45) is 5.99. The van der Waals surface area contributed by atoms with E-state index in [2.05, 4.69) is 20.0 Å². The van der Waals surface area contributed by atoms with Crippen LogP contribution in [-0.2, 0) is 24.0 Å². The first kappa shape index (κ1) is 61.4. The van der Waals surface area contributed by atoms with Crippen LogP contribution in [0.4, 0.5) is 0 Å². The fourth-order valence-corrected chi connectivity index (χ4v) is 3.20. The van der Waals surface area contributed by atoms with Crippen LogP contribution in [0.25, 0.3) is 0 Å². The van der Waals surface area contributed by atoms with Gasteiger partial charge in [-0.3, -0.25) is 43.9 Å². The van der Waals surface area contributed by atoms with E-state index >= 15 is 0 Å². The van der Waals surface area contributed by atoms with Gasteiger partial charge in [0.1, 0.15) is 30.2 Å². The Morgan fingerprint density at radius 3 is 0.655 bits per heavy atom. The van der Waals surface area contributed by atoms with Crippen molar-refractivity contribution in [2.45, 2.75) is 101 Å². The summed E-state index contributed by atoms with van der Waals surface area (Å²) in [5, 5.41) is 41.8. The monoisotopic (exact) mass is 843 g/mol. The molecule has 0 saturated heterocycles. The summed E-state index contributed by atoms with van der Waals surface area (Å²) >= 11 is 0. The van der Waals surface area contributed by atoms with E-state index in [1.54, 1.807) is 0 Å². The molecule has 0 fully saturated rings. The quantitative estimate of drug-likeness (QED) is 0.0231. The van der Waals surface area contributed by atoms with E-state index in [0.717, 1.165) is 12.8 Å². The number of nitrogens with zero attached hydrogens (tertiary/aromatic N) is 4. The van der Waals surface area contributed by atoms with Crippen LogP contribution in [-0.4, -0.2) is 142 Å². The number of carboxylic acid groups (broad SMARTS) is 5. The molecule has 0 spiro atoms. The molecule has 5 atom stereocenters. The predicted octanol–water partition coefficient (Wildman–Crippen LogP) is -6.67. The van der Waals surface area contributed by atoms with Gasteiger partial charge in [0, 0.05) is 26.2 Å². The van der Waals surface area contributed by atoms with Gasteiger partial charge in [0.25, 0.3) is 0 Å². The van der Waals surface area contributed by atoms with Crippen molar-refractivity contribution in [3.8, 4) is 0 Å². The largest absolute Gasteiger partial charge is 0.480 e. The van der Waals surface area contributed by atoms with Gasteiger partial charge in [-0.1, -0.05) is 6.42 Å². The van der Waals surface area contributed by atoms with Gasteiger partial charge in [-0.25, -0.2) is 0 Å². The lowest BCUT2D eigenvalue weighted by molar-refractivity contribution is -0.139. The SMILES string of the molecule is NC(N)=NCCCC(N)C(=O)O.NC(N)=NCCCC(N)C(=O)O.NC(N)=NCCCC(N)C(=O)O.NC(N)=NCCCC(N)C(=O)O.NCCCCC(N)C(=O)O. The zero-order valence-corrected chi connectivity index (χ0v) is 32.8. The van der Waals surface area contributed by atoms with Gasteiger partial charge in [-0.05, 0) is 70.8 Å². The Morgan fingerprint density at radius 2 is 0.517 bits per heavy atom. The third kappa shape index (κ3) is 54.5. The molecule has 28 nitrogen and oxygen atoms in total. The van der Waals surface area contributed by atoms with E-state index in [-0.39, 0.29) is 23.8 Å². The maximum absolute atomic E-state index is 10.2. The van der Waals surface area contributed by atoms with Crippen LogP contribution in [0, 0.1) is 0 Å². The summed E-state index contributed by atoms with van der Waals surface area (Å²) in [5.74, 6) is -4.88. The summed E-state index contributed by atoms with van der Waals surface area (Å²) in [6.45, 7) is 2.28. The zero-order chi connectivity index (χ0) is 46.2. The fourth-order valence-electron chi connectivity index (χ4n) is 3.20. The molecule has 0 aromatic carbocycles. The molecule has 0 radical (unpaired) electrons. The molecule has 33 N–H and O–H groups in total. The van der Waals surface area contributed by atoms with E-state index in [9.17, 15) is 24.0 Å². The first-order valence-electron chi connectivity index (χ1n) is 17.7. The molecule has 28 heteroatoms. The molecule has 58 heavy (non-hydrogen) atoms. The number of unbranched alkanes of at least 4 members (excludes halogenated alkanes) is 1. The second-order valence-corrected chi connectivity index (χ2v) is 11.8. The standard InChI is InChI=1S/4C6H14N4O2.C6H14N2O2/c4*7-4(5(11)12)2-1-3-10-6(8)9;7-4-2-1-3-5(8)6(9)10/h4*4H,1-3,7H2,(H,11,12)(H4,8,9,10);5H,1-4,7-8H2,(H,9,10). The van der Waals surface area contributed by atoms with Crippen molar-refractivity contribution < 1.29 is 49.5 Å². The summed E-state index contributed by atoms with van der Waals surface area (Å²) in [6, 6.07) is -4.00. The molecule has 0 aliphatic heterocycles.